The van der Waals surface area contributed by atoms with E-state index in [9.17, 15) is 8.96 Å². The maximum atomic E-state index is 12.9. The lowest BCUT2D eigenvalue weighted by molar-refractivity contribution is 0.384. The van der Waals surface area contributed by atoms with Crippen molar-refractivity contribution < 1.29 is 18.7 Å². The fourth-order valence-corrected chi connectivity index (χ4v) is 1.35. The standard InChI is InChI=1S/C6H8FN2O3P/c7-5-1-4(2-8)3-9-6(5)13(10,11)12/h1,3H,2,8H2,(H2,10,11,12). The summed E-state index contributed by atoms with van der Waals surface area (Å²) in [6, 6.07) is 0.960. The maximum Gasteiger partial charge on any atom is 0.377 e. The monoisotopic (exact) mass is 206 g/mol. The van der Waals surface area contributed by atoms with Crippen molar-refractivity contribution in [3.63, 3.8) is 0 Å². The highest BCUT2D eigenvalue weighted by molar-refractivity contribution is 7.60. The minimum atomic E-state index is -4.61. The summed E-state index contributed by atoms with van der Waals surface area (Å²) in [7, 11) is -4.61. The van der Waals surface area contributed by atoms with Crippen molar-refractivity contribution in [2.75, 3.05) is 0 Å². The van der Waals surface area contributed by atoms with Crippen LogP contribution in [0.2, 0.25) is 0 Å². The number of rotatable bonds is 2. The molecule has 1 aromatic heterocycles. The van der Waals surface area contributed by atoms with E-state index < -0.39 is 18.8 Å². The lowest BCUT2D eigenvalue weighted by Crippen LogP contribution is -2.15. The molecular weight excluding hydrogens is 198 g/mol. The third-order valence-electron chi connectivity index (χ3n) is 1.39. The molecule has 0 saturated heterocycles. The minimum absolute atomic E-state index is 0.0748. The summed E-state index contributed by atoms with van der Waals surface area (Å²) in [6.45, 7) is 0.0748. The third kappa shape index (κ3) is 2.32. The van der Waals surface area contributed by atoms with Crippen molar-refractivity contribution in [2.24, 2.45) is 5.73 Å². The number of halogens is 1. The second kappa shape index (κ2) is 3.51. The molecule has 7 heteroatoms. The second-order valence-electron chi connectivity index (χ2n) is 2.40. The number of pyridine rings is 1. The van der Waals surface area contributed by atoms with Gasteiger partial charge in [-0.3, -0.25) is 4.57 Å². The zero-order valence-electron chi connectivity index (χ0n) is 6.51. The van der Waals surface area contributed by atoms with E-state index in [0.717, 1.165) is 12.3 Å². The molecule has 4 N–H and O–H groups in total. The summed E-state index contributed by atoms with van der Waals surface area (Å²) >= 11 is 0. The number of hydrogen-bond donors (Lipinski definition) is 3. The predicted molar refractivity (Wildman–Crippen MR) is 43.8 cm³/mol. The molecule has 0 spiro atoms. The predicted octanol–water partition coefficient (Wildman–Crippen LogP) is -0.518. The Morgan fingerprint density at radius 3 is 2.62 bits per heavy atom. The summed E-state index contributed by atoms with van der Waals surface area (Å²) in [5.74, 6) is -1.03. The van der Waals surface area contributed by atoms with E-state index in [4.69, 9.17) is 15.5 Å². The van der Waals surface area contributed by atoms with Gasteiger partial charge in [0.25, 0.3) is 0 Å². The first-order valence-electron chi connectivity index (χ1n) is 3.35. The molecule has 0 fully saturated rings. The highest BCUT2D eigenvalue weighted by atomic mass is 31.2. The van der Waals surface area contributed by atoms with Crippen LogP contribution in [0.25, 0.3) is 0 Å². The lowest BCUT2D eigenvalue weighted by Gasteiger charge is -2.04. The number of aromatic nitrogens is 1. The average Bonchev–Trinajstić information content (AvgIpc) is 2.01. The van der Waals surface area contributed by atoms with Crippen molar-refractivity contribution >= 4 is 13.0 Å². The number of nitrogens with zero attached hydrogens (tertiary/aromatic N) is 1. The van der Waals surface area contributed by atoms with E-state index in [-0.39, 0.29) is 6.54 Å². The van der Waals surface area contributed by atoms with Gasteiger partial charge in [0.15, 0.2) is 11.3 Å². The Morgan fingerprint density at radius 1 is 1.62 bits per heavy atom. The van der Waals surface area contributed by atoms with Crippen LogP contribution in [-0.4, -0.2) is 14.8 Å². The molecular formula is C6H8FN2O3P. The van der Waals surface area contributed by atoms with Crippen LogP contribution in [0.15, 0.2) is 12.3 Å². The highest BCUT2D eigenvalue weighted by Gasteiger charge is 2.23. The Kier molecular flexibility index (Phi) is 2.77. The van der Waals surface area contributed by atoms with Crippen LogP contribution in [0.3, 0.4) is 0 Å². The van der Waals surface area contributed by atoms with Gasteiger partial charge < -0.3 is 15.5 Å². The van der Waals surface area contributed by atoms with Crippen molar-refractivity contribution in [3.8, 4) is 0 Å². The topological polar surface area (TPSA) is 96.4 Å². The first-order valence-corrected chi connectivity index (χ1v) is 4.97. The second-order valence-corrected chi connectivity index (χ2v) is 3.91. The zero-order valence-corrected chi connectivity index (χ0v) is 7.41. The van der Waals surface area contributed by atoms with Crippen LogP contribution in [0.1, 0.15) is 5.56 Å². The Bertz CT molecular complexity index is 365. The van der Waals surface area contributed by atoms with Gasteiger partial charge >= 0.3 is 7.60 Å². The van der Waals surface area contributed by atoms with E-state index in [1.54, 1.807) is 0 Å². The lowest BCUT2D eigenvalue weighted by atomic mass is 10.3. The van der Waals surface area contributed by atoms with Gasteiger partial charge in [0.1, 0.15) is 0 Å². The van der Waals surface area contributed by atoms with Gasteiger partial charge in [-0.05, 0) is 11.6 Å². The van der Waals surface area contributed by atoms with Crippen LogP contribution in [0, 0.1) is 5.82 Å². The summed E-state index contributed by atoms with van der Waals surface area (Å²) in [5.41, 5.74) is 4.72. The molecule has 1 heterocycles. The maximum absolute atomic E-state index is 12.9. The molecule has 0 aliphatic heterocycles. The molecule has 1 aromatic rings. The van der Waals surface area contributed by atoms with Crippen LogP contribution >= 0.6 is 7.60 Å². The molecule has 0 amide bonds. The molecule has 0 bridgehead atoms. The summed E-state index contributed by atoms with van der Waals surface area (Å²) in [4.78, 5) is 20.5. The Labute approximate surface area is 73.6 Å². The van der Waals surface area contributed by atoms with E-state index in [2.05, 4.69) is 4.98 Å². The largest absolute Gasteiger partial charge is 0.377 e. The Balaban J connectivity index is 3.21. The van der Waals surface area contributed by atoms with Crippen molar-refractivity contribution in [2.45, 2.75) is 6.54 Å². The van der Waals surface area contributed by atoms with Gasteiger partial charge in [-0.2, -0.15) is 0 Å². The first kappa shape index (κ1) is 10.3. The number of hydrogen-bond acceptors (Lipinski definition) is 3. The van der Waals surface area contributed by atoms with Crippen LogP contribution < -0.4 is 11.2 Å². The molecule has 0 saturated carbocycles. The molecule has 0 aromatic carbocycles. The fourth-order valence-electron chi connectivity index (χ4n) is 0.796. The van der Waals surface area contributed by atoms with Crippen molar-refractivity contribution in [1.29, 1.82) is 0 Å². The molecule has 0 atom stereocenters. The number of nitrogens with two attached hydrogens (primary N) is 1. The van der Waals surface area contributed by atoms with Crippen LogP contribution in [0.4, 0.5) is 4.39 Å². The smallest absolute Gasteiger partial charge is 0.326 e. The zero-order chi connectivity index (χ0) is 10.1. The van der Waals surface area contributed by atoms with Crippen molar-refractivity contribution in [1.82, 2.24) is 4.98 Å². The molecule has 72 valence electrons. The normalized spacial score (nSPS) is 11.7. The van der Waals surface area contributed by atoms with Crippen LogP contribution in [0.5, 0.6) is 0 Å². The van der Waals surface area contributed by atoms with Crippen LogP contribution in [-0.2, 0) is 11.1 Å². The molecule has 0 aliphatic carbocycles. The molecule has 1 rings (SSSR count). The Hall–Kier alpha value is -0.810. The summed E-state index contributed by atoms with van der Waals surface area (Å²) in [6.07, 6.45) is 1.14. The highest BCUT2D eigenvalue weighted by Crippen LogP contribution is 2.32. The van der Waals surface area contributed by atoms with E-state index >= 15 is 0 Å². The van der Waals surface area contributed by atoms with E-state index in [1.165, 1.54) is 0 Å². The summed E-state index contributed by atoms with van der Waals surface area (Å²) < 4.78 is 23.5. The molecule has 0 radical (unpaired) electrons. The molecule has 0 unspecified atom stereocenters. The minimum Gasteiger partial charge on any atom is -0.326 e. The van der Waals surface area contributed by atoms with Gasteiger partial charge in [-0.25, -0.2) is 9.37 Å². The van der Waals surface area contributed by atoms with Crippen molar-refractivity contribution in [3.05, 3.63) is 23.6 Å². The summed E-state index contributed by atoms with van der Waals surface area (Å²) in [5, 5.41) is 0. The first-order chi connectivity index (χ1) is 5.95. The third-order valence-corrected chi connectivity index (χ3v) is 2.27. The Morgan fingerprint density at radius 2 is 2.23 bits per heavy atom. The van der Waals surface area contributed by atoms with Gasteiger partial charge in [0, 0.05) is 12.7 Å². The molecule has 0 aliphatic rings. The molecule has 5 nitrogen and oxygen atoms in total. The molecule has 13 heavy (non-hydrogen) atoms. The van der Waals surface area contributed by atoms with Gasteiger partial charge in [0.2, 0.25) is 0 Å². The van der Waals surface area contributed by atoms with Gasteiger partial charge in [-0.15, -0.1) is 0 Å². The SMILES string of the molecule is NCc1cnc(P(=O)(O)O)c(F)c1. The van der Waals surface area contributed by atoms with Gasteiger partial charge in [-0.1, -0.05) is 0 Å². The van der Waals surface area contributed by atoms with E-state index in [0.29, 0.717) is 5.56 Å². The van der Waals surface area contributed by atoms with E-state index in [1.807, 2.05) is 0 Å². The fraction of sp³-hybridized carbons (Fsp3) is 0.167. The quantitative estimate of drug-likeness (QED) is 0.566. The average molecular weight is 206 g/mol. The van der Waals surface area contributed by atoms with Gasteiger partial charge in [0.05, 0.1) is 0 Å².